The van der Waals surface area contributed by atoms with Gasteiger partial charge >= 0.3 is 0 Å². The summed E-state index contributed by atoms with van der Waals surface area (Å²) in [7, 11) is 0. The van der Waals surface area contributed by atoms with Crippen molar-refractivity contribution in [1.29, 1.82) is 5.26 Å². The Morgan fingerprint density at radius 2 is 1.90 bits per heavy atom. The Labute approximate surface area is 119 Å². The summed E-state index contributed by atoms with van der Waals surface area (Å²) in [6.45, 7) is 3.91. The van der Waals surface area contributed by atoms with Gasteiger partial charge in [0.25, 0.3) is 5.91 Å². The molecule has 112 valence electrons. The van der Waals surface area contributed by atoms with Crippen LogP contribution in [0.3, 0.4) is 0 Å². The molecule has 6 nitrogen and oxygen atoms in total. The lowest BCUT2D eigenvalue weighted by Crippen LogP contribution is -2.39. The average Bonchev–Trinajstić information content (AvgIpc) is 2.45. The van der Waals surface area contributed by atoms with E-state index < -0.39 is 0 Å². The monoisotopic (exact) mass is 281 g/mol. The highest BCUT2D eigenvalue weighted by atomic mass is 16.3. The Balaban J connectivity index is 2.72. The highest BCUT2D eigenvalue weighted by Gasteiger charge is 2.23. The number of nitrogens with zero attached hydrogens (tertiary/aromatic N) is 3. The number of hydrogen-bond acceptors (Lipinski definition) is 5. The lowest BCUT2D eigenvalue weighted by molar-refractivity contribution is -0.128. The summed E-state index contributed by atoms with van der Waals surface area (Å²) in [5, 5.41) is 27.0. The van der Waals surface area contributed by atoms with Crippen LogP contribution < -0.4 is 0 Å². The summed E-state index contributed by atoms with van der Waals surface area (Å²) in [6.07, 6.45) is 3.36. The molecule has 20 heavy (non-hydrogen) atoms. The normalized spacial score (nSPS) is 16.9. The van der Waals surface area contributed by atoms with Gasteiger partial charge in [-0.3, -0.25) is 4.79 Å². The number of carbonyl (C=O) groups excluding carboxylic acids is 1. The minimum absolute atomic E-state index is 0.0569. The molecule has 0 radical (unpaired) electrons. The van der Waals surface area contributed by atoms with Crippen molar-refractivity contribution in [2.75, 3.05) is 39.4 Å². The number of aliphatic hydroxyl groups excluding tert-OH is 2. The Morgan fingerprint density at radius 1 is 1.35 bits per heavy atom. The molecule has 0 aliphatic carbocycles. The first kappa shape index (κ1) is 16.5. The standard InChI is InChI=1S/C14H23N3O3/c1-12-2-4-17(5-3-12)14(20)13(10-15)11-16(6-8-18)7-9-19/h11-12,18-19H,2-9H2,1H3/b13-11-. The zero-order valence-electron chi connectivity index (χ0n) is 12.0. The van der Waals surface area contributed by atoms with Crippen molar-refractivity contribution in [3.05, 3.63) is 11.8 Å². The van der Waals surface area contributed by atoms with Crippen molar-refractivity contribution in [3.63, 3.8) is 0 Å². The lowest BCUT2D eigenvalue weighted by Gasteiger charge is -2.30. The summed E-state index contributed by atoms with van der Waals surface area (Å²) in [4.78, 5) is 15.5. The van der Waals surface area contributed by atoms with E-state index in [0.29, 0.717) is 19.0 Å². The van der Waals surface area contributed by atoms with Crippen molar-refractivity contribution < 1.29 is 15.0 Å². The second kappa shape index (κ2) is 8.56. The highest BCUT2D eigenvalue weighted by Crippen LogP contribution is 2.17. The van der Waals surface area contributed by atoms with Gasteiger partial charge in [-0.05, 0) is 18.8 Å². The van der Waals surface area contributed by atoms with E-state index in [4.69, 9.17) is 15.5 Å². The fraction of sp³-hybridized carbons (Fsp3) is 0.714. The Kier molecular flexibility index (Phi) is 7.05. The van der Waals surface area contributed by atoms with Crippen LogP contribution in [-0.2, 0) is 4.79 Å². The molecule has 6 heteroatoms. The third kappa shape index (κ3) is 4.83. The summed E-state index contributed by atoms with van der Waals surface area (Å²) >= 11 is 0. The molecule has 1 heterocycles. The first-order valence-corrected chi connectivity index (χ1v) is 6.99. The predicted molar refractivity (Wildman–Crippen MR) is 74.4 cm³/mol. The summed E-state index contributed by atoms with van der Waals surface area (Å²) in [5.74, 6) is 0.356. The van der Waals surface area contributed by atoms with E-state index in [1.807, 2.05) is 6.07 Å². The molecule has 2 N–H and O–H groups in total. The molecular weight excluding hydrogens is 258 g/mol. The number of aliphatic hydroxyl groups is 2. The molecule has 0 saturated carbocycles. The van der Waals surface area contributed by atoms with Crippen molar-refractivity contribution in [2.24, 2.45) is 5.92 Å². The Bertz CT molecular complexity index is 376. The molecule has 0 unspecified atom stereocenters. The van der Waals surface area contributed by atoms with Gasteiger partial charge in [0, 0.05) is 32.4 Å². The zero-order chi connectivity index (χ0) is 15.0. The van der Waals surface area contributed by atoms with Crippen molar-refractivity contribution in [1.82, 2.24) is 9.80 Å². The maximum atomic E-state index is 12.3. The molecule has 0 aromatic carbocycles. The van der Waals surface area contributed by atoms with Gasteiger partial charge in [-0.25, -0.2) is 0 Å². The van der Waals surface area contributed by atoms with Crippen LogP contribution in [0.2, 0.25) is 0 Å². The van der Waals surface area contributed by atoms with Crippen LogP contribution in [-0.4, -0.2) is 65.3 Å². The zero-order valence-corrected chi connectivity index (χ0v) is 12.0. The highest BCUT2D eigenvalue weighted by molar-refractivity contribution is 5.97. The number of amides is 1. The van der Waals surface area contributed by atoms with E-state index in [9.17, 15) is 4.79 Å². The third-order valence-electron chi connectivity index (χ3n) is 3.51. The minimum Gasteiger partial charge on any atom is -0.395 e. The molecule has 1 rings (SSSR count). The van der Waals surface area contributed by atoms with Gasteiger partial charge in [0.15, 0.2) is 0 Å². The van der Waals surface area contributed by atoms with Crippen LogP contribution in [0, 0.1) is 17.2 Å². The van der Waals surface area contributed by atoms with Crippen molar-refractivity contribution >= 4 is 5.91 Å². The van der Waals surface area contributed by atoms with Gasteiger partial charge in [-0.2, -0.15) is 5.26 Å². The molecule has 1 amide bonds. The maximum Gasteiger partial charge on any atom is 0.266 e. The van der Waals surface area contributed by atoms with Crippen LogP contribution in [0.1, 0.15) is 19.8 Å². The first-order chi connectivity index (χ1) is 9.62. The van der Waals surface area contributed by atoms with E-state index >= 15 is 0 Å². The van der Waals surface area contributed by atoms with Gasteiger partial charge in [-0.15, -0.1) is 0 Å². The van der Waals surface area contributed by atoms with E-state index in [0.717, 1.165) is 12.8 Å². The number of likely N-dealkylation sites (tertiary alicyclic amines) is 1. The molecule has 0 aromatic heterocycles. The number of nitriles is 1. The van der Waals surface area contributed by atoms with Crippen molar-refractivity contribution in [3.8, 4) is 6.07 Å². The van der Waals surface area contributed by atoms with Crippen LogP contribution in [0.25, 0.3) is 0 Å². The molecule has 1 aliphatic rings. The number of rotatable bonds is 6. The van der Waals surface area contributed by atoms with Crippen molar-refractivity contribution in [2.45, 2.75) is 19.8 Å². The van der Waals surface area contributed by atoms with E-state index in [-0.39, 0.29) is 37.8 Å². The molecule has 1 aliphatic heterocycles. The van der Waals surface area contributed by atoms with Gasteiger partial charge in [0.1, 0.15) is 11.6 Å². The summed E-state index contributed by atoms with van der Waals surface area (Å²) in [5.41, 5.74) is 0.0569. The number of carbonyl (C=O) groups is 1. The van der Waals surface area contributed by atoms with Gasteiger partial charge in [0.2, 0.25) is 0 Å². The SMILES string of the molecule is CC1CCN(C(=O)/C(C#N)=C\N(CCO)CCO)CC1. The van der Waals surface area contributed by atoms with Gasteiger partial charge in [0.05, 0.1) is 13.2 Å². The second-order valence-corrected chi connectivity index (χ2v) is 5.11. The Morgan fingerprint density at radius 3 is 2.35 bits per heavy atom. The largest absolute Gasteiger partial charge is 0.395 e. The third-order valence-corrected chi connectivity index (χ3v) is 3.51. The minimum atomic E-state index is -0.264. The predicted octanol–water partition coefficient (Wildman–Crippen LogP) is -0.0610. The first-order valence-electron chi connectivity index (χ1n) is 6.99. The van der Waals surface area contributed by atoms with Crippen LogP contribution in [0.5, 0.6) is 0 Å². The topological polar surface area (TPSA) is 87.8 Å². The molecule has 0 atom stereocenters. The molecule has 1 saturated heterocycles. The van der Waals surface area contributed by atoms with Crippen LogP contribution >= 0.6 is 0 Å². The molecule has 0 bridgehead atoms. The summed E-state index contributed by atoms with van der Waals surface area (Å²) < 4.78 is 0. The average molecular weight is 281 g/mol. The fourth-order valence-corrected chi connectivity index (χ4v) is 2.19. The lowest BCUT2D eigenvalue weighted by atomic mass is 9.99. The smallest absolute Gasteiger partial charge is 0.266 e. The molecular formula is C14H23N3O3. The van der Waals surface area contributed by atoms with Gasteiger partial charge in [-0.1, -0.05) is 6.92 Å². The molecule has 0 spiro atoms. The maximum absolute atomic E-state index is 12.3. The quantitative estimate of drug-likeness (QED) is 0.526. The summed E-state index contributed by atoms with van der Waals surface area (Å²) in [6, 6.07) is 1.92. The van der Waals surface area contributed by atoms with E-state index in [1.54, 1.807) is 9.80 Å². The van der Waals surface area contributed by atoms with E-state index in [2.05, 4.69) is 6.92 Å². The molecule has 1 fully saturated rings. The van der Waals surface area contributed by atoms with Gasteiger partial charge < -0.3 is 20.0 Å². The van der Waals surface area contributed by atoms with Crippen LogP contribution in [0.15, 0.2) is 11.8 Å². The van der Waals surface area contributed by atoms with Crippen LogP contribution in [0.4, 0.5) is 0 Å². The Hall–Kier alpha value is -1.58. The number of piperidine rings is 1. The van der Waals surface area contributed by atoms with E-state index in [1.165, 1.54) is 6.20 Å². The molecule has 0 aromatic rings. The number of hydrogen-bond donors (Lipinski definition) is 2. The fourth-order valence-electron chi connectivity index (χ4n) is 2.19. The second-order valence-electron chi connectivity index (χ2n) is 5.11.